The van der Waals surface area contributed by atoms with Gasteiger partial charge in [0.25, 0.3) is 0 Å². The highest BCUT2D eigenvalue weighted by atomic mass is 16.5. The number of methoxy groups -OCH3 is 1. The van der Waals surface area contributed by atoms with E-state index in [1.165, 1.54) is 0 Å². The van der Waals surface area contributed by atoms with Gasteiger partial charge in [-0.3, -0.25) is 9.25 Å². The van der Waals surface area contributed by atoms with Gasteiger partial charge in [0.2, 0.25) is 11.8 Å². The fraction of sp³-hybridized carbons (Fsp3) is 0.273. The van der Waals surface area contributed by atoms with Gasteiger partial charge < -0.3 is 10.5 Å². The van der Waals surface area contributed by atoms with Gasteiger partial charge in [-0.2, -0.15) is 10.1 Å². The van der Waals surface area contributed by atoms with E-state index < -0.39 is 0 Å². The lowest BCUT2D eigenvalue weighted by Gasteiger charge is -2.03. The van der Waals surface area contributed by atoms with E-state index >= 15 is 0 Å². The van der Waals surface area contributed by atoms with Crippen molar-refractivity contribution in [3.05, 3.63) is 24.3 Å². The number of rotatable bonds is 3. The third-order valence-corrected chi connectivity index (χ3v) is 2.75. The molecule has 0 aliphatic heterocycles. The maximum atomic E-state index is 5.91. The maximum absolute atomic E-state index is 5.91. The first-order valence-corrected chi connectivity index (χ1v) is 5.68. The van der Waals surface area contributed by atoms with Gasteiger partial charge in [0.05, 0.1) is 13.7 Å². The molecule has 8 heteroatoms. The average Bonchev–Trinajstić information content (AvgIpc) is 2.94. The highest BCUT2D eigenvalue weighted by Gasteiger charge is 2.12. The lowest BCUT2D eigenvalue weighted by atomic mass is 10.4. The Kier molecular flexibility index (Phi) is 2.55. The van der Waals surface area contributed by atoms with E-state index in [4.69, 9.17) is 10.5 Å². The smallest absolute Gasteiger partial charge is 0.215 e. The number of nitrogens with zero attached hydrogens (tertiary/aromatic N) is 6. The molecule has 2 N–H and O–H groups in total. The summed E-state index contributed by atoms with van der Waals surface area (Å²) in [7, 11) is 3.38. The number of hydrogen-bond donors (Lipinski definition) is 1. The van der Waals surface area contributed by atoms with Gasteiger partial charge in [0, 0.05) is 13.1 Å². The predicted molar refractivity (Wildman–Crippen MR) is 68.6 cm³/mol. The number of hydrogen-bond acceptors (Lipinski definition) is 6. The molecule has 3 aromatic heterocycles. The van der Waals surface area contributed by atoms with Gasteiger partial charge in [-0.05, 0) is 6.07 Å². The van der Waals surface area contributed by atoms with E-state index in [2.05, 4.69) is 20.1 Å². The van der Waals surface area contributed by atoms with Crippen LogP contribution in [0.3, 0.4) is 0 Å². The number of ether oxygens (including phenoxy) is 1. The van der Waals surface area contributed by atoms with Gasteiger partial charge in [-0.1, -0.05) is 0 Å². The van der Waals surface area contributed by atoms with Gasteiger partial charge in [-0.15, -0.1) is 0 Å². The molecule has 3 heterocycles. The molecular weight excluding hydrogens is 246 g/mol. The Hall–Kier alpha value is -2.64. The first kappa shape index (κ1) is 11.5. The number of imidazole rings is 1. The third-order valence-electron chi connectivity index (χ3n) is 2.75. The number of anilines is 1. The van der Waals surface area contributed by atoms with Crippen molar-refractivity contribution in [1.29, 1.82) is 0 Å². The summed E-state index contributed by atoms with van der Waals surface area (Å²) in [4.78, 5) is 12.8. The Balaban J connectivity index is 2.08. The van der Waals surface area contributed by atoms with Crippen LogP contribution in [0.4, 0.5) is 5.95 Å². The normalized spacial score (nSPS) is 11.1. The monoisotopic (exact) mass is 259 g/mol. The van der Waals surface area contributed by atoms with Crippen LogP contribution in [0.15, 0.2) is 18.5 Å². The van der Waals surface area contributed by atoms with Crippen molar-refractivity contribution in [1.82, 2.24) is 29.3 Å². The van der Waals surface area contributed by atoms with Crippen molar-refractivity contribution >= 4 is 17.1 Å². The van der Waals surface area contributed by atoms with Crippen LogP contribution in [0.2, 0.25) is 0 Å². The summed E-state index contributed by atoms with van der Waals surface area (Å²) < 4.78 is 8.51. The van der Waals surface area contributed by atoms with E-state index in [-0.39, 0.29) is 0 Å². The molecule has 19 heavy (non-hydrogen) atoms. The number of nitrogens with two attached hydrogens (primary N) is 1. The quantitative estimate of drug-likeness (QED) is 0.721. The van der Waals surface area contributed by atoms with Crippen molar-refractivity contribution in [2.24, 2.45) is 7.05 Å². The van der Waals surface area contributed by atoms with Crippen LogP contribution in [0.5, 0.6) is 5.88 Å². The molecule has 3 rings (SSSR count). The van der Waals surface area contributed by atoms with Gasteiger partial charge >= 0.3 is 0 Å². The third kappa shape index (κ3) is 1.96. The molecule has 0 aliphatic carbocycles. The van der Waals surface area contributed by atoms with Crippen LogP contribution < -0.4 is 10.5 Å². The second-order valence-corrected chi connectivity index (χ2v) is 4.09. The highest BCUT2D eigenvalue weighted by Crippen LogP contribution is 2.19. The fourth-order valence-electron chi connectivity index (χ4n) is 1.87. The van der Waals surface area contributed by atoms with E-state index in [0.717, 1.165) is 0 Å². The van der Waals surface area contributed by atoms with Crippen LogP contribution in [0.25, 0.3) is 11.2 Å². The topological polar surface area (TPSA) is 96.7 Å². The Morgan fingerprint density at radius 3 is 2.84 bits per heavy atom. The Morgan fingerprint density at radius 2 is 2.16 bits per heavy atom. The molecule has 0 radical (unpaired) electrons. The molecule has 98 valence electrons. The van der Waals surface area contributed by atoms with Gasteiger partial charge in [-0.25, -0.2) is 9.97 Å². The summed E-state index contributed by atoms with van der Waals surface area (Å²) in [6.45, 7) is 0.420. The standard InChI is InChI=1S/C11H13N7O/c1-17-6-13-8(16-17)5-18-10-7(14-11(18)12)3-4-9(15-10)19-2/h3-4,6H,5H2,1-2H3,(H2,12,14). The number of aryl methyl sites for hydroxylation is 1. The fourth-order valence-corrected chi connectivity index (χ4v) is 1.87. The Bertz CT molecular complexity index is 730. The molecule has 3 aromatic rings. The molecule has 0 bridgehead atoms. The molecular formula is C11H13N7O. The second-order valence-electron chi connectivity index (χ2n) is 4.09. The molecule has 0 atom stereocenters. The van der Waals surface area contributed by atoms with E-state index in [9.17, 15) is 0 Å². The average molecular weight is 259 g/mol. The summed E-state index contributed by atoms with van der Waals surface area (Å²) in [6, 6.07) is 3.57. The summed E-state index contributed by atoms with van der Waals surface area (Å²) >= 11 is 0. The van der Waals surface area contributed by atoms with Crippen molar-refractivity contribution in [3.8, 4) is 5.88 Å². The van der Waals surface area contributed by atoms with E-state index in [1.807, 2.05) is 13.1 Å². The minimum Gasteiger partial charge on any atom is -0.481 e. The Morgan fingerprint density at radius 1 is 1.32 bits per heavy atom. The lowest BCUT2D eigenvalue weighted by Crippen LogP contribution is -2.07. The van der Waals surface area contributed by atoms with Crippen molar-refractivity contribution < 1.29 is 4.74 Å². The molecule has 8 nitrogen and oxygen atoms in total. The number of aromatic nitrogens is 6. The summed E-state index contributed by atoms with van der Waals surface area (Å²) in [5.74, 6) is 1.55. The largest absolute Gasteiger partial charge is 0.481 e. The van der Waals surface area contributed by atoms with E-state index in [0.29, 0.717) is 35.4 Å². The molecule has 0 spiro atoms. The number of fused-ring (bicyclic) bond motifs is 1. The molecule has 0 unspecified atom stereocenters. The lowest BCUT2D eigenvalue weighted by molar-refractivity contribution is 0.399. The highest BCUT2D eigenvalue weighted by molar-refractivity contribution is 5.74. The minimum atomic E-state index is 0.378. The van der Waals surface area contributed by atoms with E-state index in [1.54, 1.807) is 28.8 Å². The molecule has 0 amide bonds. The molecule has 0 saturated heterocycles. The summed E-state index contributed by atoms with van der Waals surface area (Å²) in [6.07, 6.45) is 1.64. The van der Waals surface area contributed by atoms with Gasteiger partial charge in [0.1, 0.15) is 11.8 Å². The molecule has 0 fully saturated rings. The Labute approximate surface area is 108 Å². The maximum Gasteiger partial charge on any atom is 0.215 e. The van der Waals surface area contributed by atoms with Crippen molar-refractivity contribution in [2.75, 3.05) is 12.8 Å². The first-order chi connectivity index (χ1) is 9.17. The number of pyridine rings is 1. The predicted octanol–water partition coefficient (Wildman–Crippen LogP) is 0.199. The van der Waals surface area contributed by atoms with Crippen LogP contribution in [0.1, 0.15) is 5.82 Å². The minimum absolute atomic E-state index is 0.378. The van der Waals surface area contributed by atoms with Crippen molar-refractivity contribution in [3.63, 3.8) is 0 Å². The SMILES string of the molecule is COc1ccc2nc(N)n(Cc3ncn(C)n3)c2n1. The molecule has 0 saturated carbocycles. The molecule has 0 aliphatic rings. The van der Waals surface area contributed by atoms with Crippen LogP contribution in [-0.4, -0.2) is 36.4 Å². The van der Waals surface area contributed by atoms with Crippen LogP contribution in [0, 0.1) is 0 Å². The van der Waals surface area contributed by atoms with Crippen molar-refractivity contribution in [2.45, 2.75) is 6.54 Å². The summed E-state index contributed by atoms with van der Waals surface area (Å²) in [5.41, 5.74) is 7.28. The van der Waals surface area contributed by atoms with Crippen LogP contribution >= 0.6 is 0 Å². The second kappa shape index (κ2) is 4.23. The summed E-state index contributed by atoms with van der Waals surface area (Å²) in [5, 5.41) is 4.22. The first-order valence-electron chi connectivity index (χ1n) is 5.68. The van der Waals surface area contributed by atoms with Gasteiger partial charge in [0.15, 0.2) is 11.5 Å². The zero-order chi connectivity index (χ0) is 13.4. The zero-order valence-electron chi connectivity index (χ0n) is 10.6. The number of nitrogen functional groups attached to an aromatic ring is 1. The van der Waals surface area contributed by atoms with Crippen LogP contribution in [-0.2, 0) is 13.6 Å². The molecule has 0 aromatic carbocycles. The zero-order valence-corrected chi connectivity index (χ0v) is 10.6.